The molecule has 0 spiro atoms. The van der Waals surface area contributed by atoms with Gasteiger partial charge in [-0.1, -0.05) is 11.6 Å². The Hall–Kier alpha value is -0.470. The second-order valence-corrected chi connectivity index (χ2v) is 5.15. The zero-order chi connectivity index (χ0) is 10.8. The molecule has 0 atom stereocenters. The predicted octanol–water partition coefficient (Wildman–Crippen LogP) is 3.19. The molecule has 0 unspecified atom stereocenters. The molecule has 1 heterocycles. The SMILES string of the molecule is CN(CC1CC(Cl)C1)c1ncccc1Cl. The smallest absolute Gasteiger partial charge is 0.147 e. The topological polar surface area (TPSA) is 16.1 Å². The molecular weight excluding hydrogens is 231 g/mol. The number of halogens is 2. The van der Waals surface area contributed by atoms with Crippen molar-refractivity contribution in [2.45, 2.75) is 18.2 Å². The van der Waals surface area contributed by atoms with Crippen LogP contribution in [0.15, 0.2) is 18.3 Å². The molecule has 1 aromatic heterocycles. The quantitative estimate of drug-likeness (QED) is 0.760. The number of aromatic nitrogens is 1. The first-order chi connectivity index (χ1) is 7.16. The maximum Gasteiger partial charge on any atom is 0.147 e. The van der Waals surface area contributed by atoms with E-state index in [1.807, 2.05) is 19.2 Å². The molecule has 82 valence electrons. The largest absolute Gasteiger partial charge is 0.358 e. The summed E-state index contributed by atoms with van der Waals surface area (Å²) in [6.07, 6.45) is 3.98. The van der Waals surface area contributed by atoms with E-state index in [2.05, 4.69) is 9.88 Å². The summed E-state index contributed by atoms with van der Waals surface area (Å²) in [6, 6.07) is 3.71. The zero-order valence-corrected chi connectivity index (χ0v) is 10.2. The molecular formula is C11H14Cl2N2. The van der Waals surface area contributed by atoms with Gasteiger partial charge in [-0.15, -0.1) is 11.6 Å². The van der Waals surface area contributed by atoms with E-state index in [-0.39, 0.29) is 0 Å². The van der Waals surface area contributed by atoms with Gasteiger partial charge in [0.2, 0.25) is 0 Å². The number of hydrogen-bond acceptors (Lipinski definition) is 2. The van der Waals surface area contributed by atoms with Crippen LogP contribution in [-0.4, -0.2) is 24.0 Å². The molecule has 1 aliphatic carbocycles. The van der Waals surface area contributed by atoms with Crippen LogP contribution in [0.1, 0.15) is 12.8 Å². The van der Waals surface area contributed by atoms with E-state index in [4.69, 9.17) is 23.2 Å². The molecule has 2 nitrogen and oxygen atoms in total. The van der Waals surface area contributed by atoms with Crippen LogP contribution < -0.4 is 4.90 Å². The highest BCUT2D eigenvalue weighted by Crippen LogP contribution is 2.33. The van der Waals surface area contributed by atoms with Crippen molar-refractivity contribution in [1.82, 2.24) is 4.98 Å². The standard InChI is InChI=1S/C11H14Cl2N2/c1-15(7-8-5-9(12)6-8)11-10(13)3-2-4-14-11/h2-4,8-9H,5-7H2,1H3. The van der Waals surface area contributed by atoms with Crippen LogP contribution in [0.25, 0.3) is 0 Å². The van der Waals surface area contributed by atoms with Gasteiger partial charge in [-0.25, -0.2) is 4.98 Å². The first-order valence-electron chi connectivity index (χ1n) is 5.12. The van der Waals surface area contributed by atoms with Gasteiger partial charge in [-0.2, -0.15) is 0 Å². The predicted molar refractivity (Wildman–Crippen MR) is 64.9 cm³/mol. The van der Waals surface area contributed by atoms with Crippen molar-refractivity contribution in [3.63, 3.8) is 0 Å². The van der Waals surface area contributed by atoms with Crippen molar-refractivity contribution in [3.8, 4) is 0 Å². The summed E-state index contributed by atoms with van der Waals surface area (Å²) in [5, 5.41) is 1.09. The number of nitrogens with zero attached hydrogens (tertiary/aromatic N) is 2. The van der Waals surface area contributed by atoms with Crippen molar-refractivity contribution in [2.24, 2.45) is 5.92 Å². The summed E-state index contributed by atoms with van der Waals surface area (Å²) in [5.74, 6) is 1.55. The van der Waals surface area contributed by atoms with Crippen LogP contribution in [-0.2, 0) is 0 Å². The van der Waals surface area contributed by atoms with Crippen molar-refractivity contribution < 1.29 is 0 Å². The van der Waals surface area contributed by atoms with Gasteiger partial charge in [0.05, 0.1) is 5.02 Å². The molecule has 0 radical (unpaired) electrons. The maximum atomic E-state index is 6.06. The molecule has 1 saturated carbocycles. The van der Waals surface area contributed by atoms with Crippen molar-refractivity contribution in [2.75, 3.05) is 18.5 Å². The Labute approximate surface area is 100 Å². The third-order valence-corrected chi connectivity index (χ3v) is 3.46. The van der Waals surface area contributed by atoms with Crippen molar-refractivity contribution >= 4 is 29.0 Å². The molecule has 0 amide bonds. The van der Waals surface area contributed by atoms with Crippen LogP contribution in [0.5, 0.6) is 0 Å². The van der Waals surface area contributed by atoms with E-state index in [1.54, 1.807) is 6.20 Å². The normalized spacial score (nSPS) is 24.7. The van der Waals surface area contributed by atoms with Gasteiger partial charge in [-0.3, -0.25) is 0 Å². The van der Waals surface area contributed by atoms with Gasteiger partial charge in [0.1, 0.15) is 5.82 Å². The number of anilines is 1. The highest BCUT2D eigenvalue weighted by Gasteiger charge is 2.28. The minimum Gasteiger partial charge on any atom is -0.358 e. The summed E-state index contributed by atoms with van der Waals surface area (Å²) in [7, 11) is 2.02. The average Bonchev–Trinajstić information content (AvgIpc) is 2.16. The fourth-order valence-corrected chi connectivity index (χ4v) is 2.71. The lowest BCUT2D eigenvalue weighted by Crippen LogP contribution is -2.35. The fourth-order valence-electron chi connectivity index (χ4n) is 1.94. The minimum atomic E-state index is 0.377. The molecule has 1 aromatic rings. The van der Waals surface area contributed by atoms with E-state index in [1.165, 1.54) is 0 Å². The van der Waals surface area contributed by atoms with Crippen LogP contribution in [0.3, 0.4) is 0 Å². The van der Waals surface area contributed by atoms with Crippen LogP contribution >= 0.6 is 23.2 Å². The van der Waals surface area contributed by atoms with Crippen LogP contribution in [0.4, 0.5) is 5.82 Å². The molecule has 0 aromatic carbocycles. The number of pyridine rings is 1. The van der Waals surface area contributed by atoms with Gasteiger partial charge in [-0.05, 0) is 30.9 Å². The summed E-state index contributed by atoms with van der Waals surface area (Å²) in [5.41, 5.74) is 0. The minimum absolute atomic E-state index is 0.377. The Morgan fingerprint density at radius 2 is 2.27 bits per heavy atom. The first-order valence-corrected chi connectivity index (χ1v) is 5.94. The highest BCUT2D eigenvalue weighted by molar-refractivity contribution is 6.32. The summed E-state index contributed by atoms with van der Waals surface area (Å²) in [6.45, 7) is 0.986. The summed E-state index contributed by atoms with van der Waals surface area (Å²) < 4.78 is 0. The van der Waals surface area contributed by atoms with E-state index in [0.717, 1.165) is 25.2 Å². The molecule has 15 heavy (non-hydrogen) atoms. The first kappa shape index (κ1) is 11.0. The maximum absolute atomic E-state index is 6.06. The Bertz CT molecular complexity index is 337. The molecule has 0 N–H and O–H groups in total. The van der Waals surface area contributed by atoms with Crippen molar-refractivity contribution in [1.29, 1.82) is 0 Å². The van der Waals surface area contributed by atoms with E-state index < -0.39 is 0 Å². The van der Waals surface area contributed by atoms with E-state index in [9.17, 15) is 0 Å². The third kappa shape index (κ3) is 2.56. The van der Waals surface area contributed by atoms with Gasteiger partial charge in [0.15, 0.2) is 0 Å². The average molecular weight is 245 g/mol. The van der Waals surface area contributed by atoms with E-state index >= 15 is 0 Å². The monoisotopic (exact) mass is 244 g/mol. The molecule has 1 fully saturated rings. The van der Waals surface area contributed by atoms with Gasteiger partial charge >= 0.3 is 0 Å². The molecule has 4 heteroatoms. The van der Waals surface area contributed by atoms with Crippen LogP contribution in [0.2, 0.25) is 5.02 Å². The Morgan fingerprint density at radius 3 is 2.87 bits per heavy atom. The highest BCUT2D eigenvalue weighted by atomic mass is 35.5. The van der Waals surface area contributed by atoms with Gasteiger partial charge in [0, 0.05) is 25.2 Å². The summed E-state index contributed by atoms with van der Waals surface area (Å²) in [4.78, 5) is 6.38. The Balaban J connectivity index is 1.96. The van der Waals surface area contributed by atoms with Crippen LogP contribution in [0, 0.1) is 5.92 Å². The lowest BCUT2D eigenvalue weighted by molar-refractivity contribution is 0.328. The number of alkyl halides is 1. The third-order valence-electron chi connectivity index (χ3n) is 2.81. The fraction of sp³-hybridized carbons (Fsp3) is 0.545. The molecule has 0 saturated heterocycles. The molecule has 1 aliphatic rings. The zero-order valence-electron chi connectivity index (χ0n) is 8.66. The Morgan fingerprint density at radius 1 is 1.53 bits per heavy atom. The molecule has 0 bridgehead atoms. The summed E-state index contributed by atoms with van der Waals surface area (Å²) >= 11 is 12.0. The van der Waals surface area contributed by atoms with Gasteiger partial charge < -0.3 is 4.90 Å². The van der Waals surface area contributed by atoms with E-state index in [0.29, 0.717) is 16.3 Å². The van der Waals surface area contributed by atoms with Gasteiger partial charge in [0.25, 0.3) is 0 Å². The van der Waals surface area contributed by atoms with Crippen molar-refractivity contribution in [3.05, 3.63) is 23.4 Å². The second-order valence-electron chi connectivity index (χ2n) is 4.12. The number of rotatable bonds is 3. The molecule has 0 aliphatic heterocycles. The number of hydrogen-bond donors (Lipinski definition) is 0. The lowest BCUT2D eigenvalue weighted by atomic mass is 9.84. The second kappa shape index (κ2) is 4.58. The Kier molecular flexibility index (Phi) is 3.37. The lowest BCUT2D eigenvalue weighted by Gasteiger charge is -2.34. The molecule has 2 rings (SSSR count).